The molecule has 0 aromatic heterocycles. The van der Waals surface area contributed by atoms with E-state index in [0.717, 1.165) is 44.9 Å². The first kappa shape index (κ1) is 25.9. The molecule has 5 heteroatoms. The van der Waals surface area contributed by atoms with Crippen LogP contribution in [0.4, 0.5) is 0 Å². The molecule has 0 spiro atoms. The highest BCUT2D eigenvalue weighted by Gasteiger charge is 2.21. The van der Waals surface area contributed by atoms with E-state index in [-0.39, 0.29) is 6.10 Å². The van der Waals surface area contributed by atoms with Crippen LogP contribution in [0.5, 0.6) is 0 Å². The van der Waals surface area contributed by atoms with E-state index >= 15 is 0 Å². The third-order valence-electron chi connectivity index (χ3n) is 5.34. The van der Waals surface area contributed by atoms with E-state index in [1.54, 1.807) is 0 Å². The lowest BCUT2D eigenvalue weighted by Crippen LogP contribution is -2.20. The minimum atomic E-state index is -3.93. The molecule has 0 heterocycles. The molecule has 0 aliphatic rings. The van der Waals surface area contributed by atoms with Gasteiger partial charge in [-0.05, 0) is 25.7 Å². The zero-order valence-electron chi connectivity index (χ0n) is 17.3. The average molecular weight is 393 g/mol. The second kappa shape index (κ2) is 17.0. The second-order valence-corrected chi connectivity index (χ2v) is 9.50. The summed E-state index contributed by atoms with van der Waals surface area (Å²) in [5.74, 6) is 0. The van der Waals surface area contributed by atoms with Gasteiger partial charge >= 0.3 is 0 Å². The minimum Gasteiger partial charge on any atom is -0.393 e. The SMILES string of the molecule is CCCCCCCCCCCCC(CCCCCC(O)CC)S(=O)(=O)O. The summed E-state index contributed by atoms with van der Waals surface area (Å²) in [4.78, 5) is 0. The van der Waals surface area contributed by atoms with Crippen LogP contribution in [0.15, 0.2) is 0 Å². The summed E-state index contributed by atoms with van der Waals surface area (Å²) in [5.41, 5.74) is 0. The molecule has 4 nitrogen and oxygen atoms in total. The van der Waals surface area contributed by atoms with Gasteiger partial charge in [-0.1, -0.05) is 97.3 Å². The highest BCUT2D eigenvalue weighted by molar-refractivity contribution is 7.86. The van der Waals surface area contributed by atoms with Crippen molar-refractivity contribution < 1.29 is 18.1 Å². The molecule has 0 aliphatic heterocycles. The Hall–Kier alpha value is -0.130. The molecule has 2 unspecified atom stereocenters. The third-order valence-corrected chi connectivity index (χ3v) is 6.65. The quantitative estimate of drug-likeness (QED) is 0.200. The summed E-state index contributed by atoms with van der Waals surface area (Å²) >= 11 is 0. The second-order valence-electron chi connectivity index (χ2n) is 7.81. The van der Waals surface area contributed by atoms with Crippen molar-refractivity contribution in [1.82, 2.24) is 0 Å². The van der Waals surface area contributed by atoms with Gasteiger partial charge in [-0.2, -0.15) is 8.42 Å². The molecule has 0 rings (SSSR count). The molecule has 0 saturated heterocycles. The first-order valence-electron chi connectivity index (χ1n) is 11.1. The average Bonchev–Trinajstić information content (AvgIpc) is 2.59. The monoisotopic (exact) mass is 392 g/mol. The lowest BCUT2D eigenvalue weighted by atomic mass is 10.0. The molecule has 0 aromatic rings. The van der Waals surface area contributed by atoms with E-state index in [4.69, 9.17) is 0 Å². The summed E-state index contributed by atoms with van der Waals surface area (Å²) in [6, 6.07) is 0. The molecule has 2 atom stereocenters. The minimum absolute atomic E-state index is 0.237. The topological polar surface area (TPSA) is 74.6 Å². The van der Waals surface area contributed by atoms with Crippen molar-refractivity contribution in [2.75, 3.05) is 0 Å². The first-order chi connectivity index (χ1) is 12.4. The van der Waals surface area contributed by atoms with Gasteiger partial charge in [-0.3, -0.25) is 4.55 Å². The Labute approximate surface area is 162 Å². The van der Waals surface area contributed by atoms with Gasteiger partial charge in [-0.25, -0.2) is 0 Å². The molecule has 0 amide bonds. The van der Waals surface area contributed by atoms with E-state index in [2.05, 4.69) is 6.92 Å². The van der Waals surface area contributed by atoms with Gasteiger partial charge in [0.15, 0.2) is 0 Å². The molecule has 2 N–H and O–H groups in total. The van der Waals surface area contributed by atoms with Crippen LogP contribution in [0.3, 0.4) is 0 Å². The zero-order chi connectivity index (χ0) is 19.7. The molecule has 0 aromatic carbocycles. The Morgan fingerprint density at radius 3 is 1.46 bits per heavy atom. The normalized spacial score (nSPS) is 14.5. The van der Waals surface area contributed by atoms with Gasteiger partial charge < -0.3 is 5.11 Å². The van der Waals surface area contributed by atoms with Crippen molar-refractivity contribution >= 4 is 10.1 Å². The Balaban J connectivity index is 3.73. The van der Waals surface area contributed by atoms with Crippen LogP contribution in [-0.4, -0.2) is 29.4 Å². The number of hydrogen-bond donors (Lipinski definition) is 2. The van der Waals surface area contributed by atoms with Crippen molar-refractivity contribution in [2.24, 2.45) is 0 Å². The van der Waals surface area contributed by atoms with Crippen LogP contribution in [0.2, 0.25) is 0 Å². The third kappa shape index (κ3) is 16.1. The maximum absolute atomic E-state index is 11.6. The fourth-order valence-electron chi connectivity index (χ4n) is 3.43. The Morgan fingerprint density at radius 2 is 1.04 bits per heavy atom. The maximum Gasteiger partial charge on any atom is 0.267 e. The van der Waals surface area contributed by atoms with Crippen LogP contribution < -0.4 is 0 Å². The van der Waals surface area contributed by atoms with Crippen molar-refractivity contribution in [2.45, 2.75) is 134 Å². The van der Waals surface area contributed by atoms with Crippen LogP contribution in [0.25, 0.3) is 0 Å². The first-order valence-corrected chi connectivity index (χ1v) is 12.6. The zero-order valence-corrected chi connectivity index (χ0v) is 18.1. The van der Waals surface area contributed by atoms with E-state index in [1.165, 1.54) is 51.4 Å². The largest absolute Gasteiger partial charge is 0.393 e. The Kier molecular flexibility index (Phi) is 16.9. The molecule has 0 saturated carbocycles. The van der Waals surface area contributed by atoms with Gasteiger partial charge in [0.05, 0.1) is 11.4 Å². The number of rotatable bonds is 19. The van der Waals surface area contributed by atoms with Crippen LogP contribution in [0, 0.1) is 0 Å². The molecular formula is C21H44O4S. The molecule has 0 bridgehead atoms. The number of hydrogen-bond acceptors (Lipinski definition) is 3. The highest BCUT2D eigenvalue weighted by Crippen LogP contribution is 2.19. The Morgan fingerprint density at radius 1 is 0.654 bits per heavy atom. The number of aliphatic hydroxyl groups excluding tert-OH is 1. The van der Waals surface area contributed by atoms with Gasteiger partial charge in [0, 0.05) is 0 Å². The highest BCUT2D eigenvalue weighted by atomic mass is 32.2. The molecule has 26 heavy (non-hydrogen) atoms. The fourth-order valence-corrected chi connectivity index (χ4v) is 4.36. The van der Waals surface area contributed by atoms with Crippen LogP contribution >= 0.6 is 0 Å². The van der Waals surface area contributed by atoms with E-state index in [1.807, 2.05) is 6.92 Å². The summed E-state index contributed by atoms with van der Waals surface area (Å²) < 4.78 is 32.5. The van der Waals surface area contributed by atoms with Gasteiger partial charge in [-0.15, -0.1) is 0 Å². The van der Waals surface area contributed by atoms with Crippen molar-refractivity contribution in [1.29, 1.82) is 0 Å². The van der Waals surface area contributed by atoms with E-state index < -0.39 is 15.4 Å². The summed E-state index contributed by atoms with van der Waals surface area (Å²) in [7, 11) is -3.93. The lowest BCUT2D eigenvalue weighted by Gasteiger charge is -2.14. The lowest BCUT2D eigenvalue weighted by molar-refractivity contribution is 0.156. The smallest absolute Gasteiger partial charge is 0.267 e. The molecule has 0 radical (unpaired) electrons. The summed E-state index contributed by atoms with van der Waals surface area (Å²) in [6.07, 6.45) is 17.4. The van der Waals surface area contributed by atoms with E-state index in [9.17, 15) is 18.1 Å². The predicted molar refractivity (Wildman–Crippen MR) is 111 cm³/mol. The fraction of sp³-hybridized carbons (Fsp3) is 1.00. The predicted octanol–water partition coefficient (Wildman–Crippen LogP) is 6.28. The molecule has 0 fully saturated rings. The Bertz CT molecular complexity index is 395. The molecular weight excluding hydrogens is 348 g/mol. The molecule has 158 valence electrons. The van der Waals surface area contributed by atoms with Crippen LogP contribution in [-0.2, 0) is 10.1 Å². The van der Waals surface area contributed by atoms with Crippen molar-refractivity contribution in [3.05, 3.63) is 0 Å². The van der Waals surface area contributed by atoms with Crippen molar-refractivity contribution in [3.8, 4) is 0 Å². The summed E-state index contributed by atoms with van der Waals surface area (Å²) in [6.45, 7) is 4.20. The van der Waals surface area contributed by atoms with E-state index in [0.29, 0.717) is 12.8 Å². The van der Waals surface area contributed by atoms with Crippen LogP contribution in [0.1, 0.15) is 123 Å². The standard InChI is InChI=1S/C21H44O4S/c1-3-5-6-7-8-9-10-11-12-15-18-21(26(23,24)25)19-16-13-14-17-20(22)4-2/h20-22H,3-19H2,1-2H3,(H,23,24,25). The van der Waals surface area contributed by atoms with Crippen molar-refractivity contribution in [3.63, 3.8) is 0 Å². The van der Waals surface area contributed by atoms with Gasteiger partial charge in [0.2, 0.25) is 0 Å². The number of unbranched alkanes of at least 4 members (excludes halogenated alkanes) is 11. The van der Waals surface area contributed by atoms with Gasteiger partial charge in [0.1, 0.15) is 0 Å². The van der Waals surface area contributed by atoms with Gasteiger partial charge in [0.25, 0.3) is 10.1 Å². The maximum atomic E-state index is 11.6. The molecule has 0 aliphatic carbocycles. The number of aliphatic hydroxyl groups is 1. The summed E-state index contributed by atoms with van der Waals surface area (Å²) in [5, 5.41) is 8.91.